The van der Waals surface area contributed by atoms with E-state index in [9.17, 15) is 14.2 Å². The van der Waals surface area contributed by atoms with Crippen LogP contribution in [0.2, 0.25) is 0 Å². The van der Waals surface area contributed by atoms with E-state index in [-0.39, 0.29) is 18.6 Å². The third-order valence-corrected chi connectivity index (χ3v) is 2.61. The van der Waals surface area contributed by atoms with Crippen LogP contribution in [-0.2, 0) is 23.4 Å². The normalized spacial score (nSPS) is 11.1. The predicted molar refractivity (Wildman–Crippen MR) is 67.0 cm³/mol. The predicted octanol–water partition coefficient (Wildman–Crippen LogP) is 1.69. The van der Waals surface area contributed by atoms with Crippen molar-refractivity contribution < 1.29 is 33.2 Å². The first-order valence-corrected chi connectivity index (χ1v) is 7.36. The van der Waals surface area contributed by atoms with Crippen molar-refractivity contribution in [3.8, 4) is 0 Å². The third kappa shape index (κ3) is 11.8. The summed E-state index contributed by atoms with van der Waals surface area (Å²) in [6.07, 6.45) is 2.50. The maximum absolute atomic E-state index is 11.2. The van der Waals surface area contributed by atoms with Gasteiger partial charge in [-0.05, 0) is 19.8 Å². The number of carbonyl (C=O) groups excluding carboxylic acids is 2. The van der Waals surface area contributed by atoms with Gasteiger partial charge in [0.2, 0.25) is 0 Å². The van der Waals surface area contributed by atoms with Crippen molar-refractivity contribution in [3.05, 3.63) is 12.2 Å². The highest BCUT2D eigenvalue weighted by atomic mass is 31.2. The molecule has 0 fully saturated rings. The number of ether oxygens (including phenoxy) is 1. The zero-order chi connectivity index (χ0) is 14.9. The van der Waals surface area contributed by atoms with Crippen molar-refractivity contribution in [3.63, 3.8) is 0 Å². The largest absolute Gasteiger partial charge is 0.469 e. The van der Waals surface area contributed by atoms with Crippen molar-refractivity contribution >= 4 is 19.8 Å². The molecule has 0 unspecified atom stereocenters. The summed E-state index contributed by atoms with van der Waals surface area (Å²) in [6.45, 7) is 4.78. The van der Waals surface area contributed by atoms with Crippen LogP contribution in [0.4, 0.5) is 0 Å². The first-order valence-electron chi connectivity index (χ1n) is 5.83. The highest BCUT2D eigenvalue weighted by Crippen LogP contribution is 2.35. The standard InChI is InChI=1S/C11H19O7P/c1-9(2)11(13)18-10(12)7-5-3-4-6-8-17-19(14,15)16/h1,3-8H2,2H3,(H2,14,15,16). The second-order valence-corrected chi connectivity index (χ2v) is 5.27. The molecule has 0 aromatic rings. The van der Waals surface area contributed by atoms with Crippen LogP contribution in [0.25, 0.3) is 0 Å². The summed E-state index contributed by atoms with van der Waals surface area (Å²) in [7, 11) is -4.38. The van der Waals surface area contributed by atoms with Gasteiger partial charge in [0.15, 0.2) is 0 Å². The SMILES string of the molecule is C=C(C)C(=O)OC(=O)CCCCCCOP(=O)(O)O. The second kappa shape index (κ2) is 8.98. The summed E-state index contributed by atoms with van der Waals surface area (Å²) in [5.74, 6) is -1.32. The Kier molecular flexibility index (Phi) is 8.51. The number of carbonyl (C=O) groups is 2. The molecule has 0 aromatic carbocycles. The molecule has 7 nitrogen and oxygen atoms in total. The van der Waals surface area contributed by atoms with Crippen LogP contribution in [0.3, 0.4) is 0 Å². The van der Waals surface area contributed by atoms with E-state index in [1.165, 1.54) is 6.92 Å². The van der Waals surface area contributed by atoms with E-state index in [0.29, 0.717) is 25.7 Å². The highest BCUT2D eigenvalue weighted by Gasteiger charge is 2.13. The summed E-state index contributed by atoms with van der Waals surface area (Å²) in [5, 5.41) is 0. The van der Waals surface area contributed by atoms with Crippen LogP contribution in [0.1, 0.15) is 39.0 Å². The van der Waals surface area contributed by atoms with Gasteiger partial charge in [0, 0.05) is 12.0 Å². The van der Waals surface area contributed by atoms with Crippen LogP contribution in [0.15, 0.2) is 12.2 Å². The minimum Gasteiger partial charge on any atom is -0.390 e. The number of phosphoric ester groups is 1. The topological polar surface area (TPSA) is 110 Å². The molecule has 0 saturated carbocycles. The number of unbranched alkanes of at least 4 members (excludes halogenated alkanes) is 3. The summed E-state index contributed by atoms with van der Waals surface area (Å²) in [5.41, 5.74) is 0.169. The smallest absolute Gasteiger partial charge is 0.390 e. The van der Waals surface area contributed by atoms with Gasteiger partial charge < -0.3 is 14.5 Å². The minimum atomic E-state index is -4.38. The van der Waals surface area contributed by atoms with Gasteiger partial charge in [-0.3, -0.25) is 9.32 Å². The minimum absolute atomic E-state index is 0.0249. The zero-order valence-electron chi connectivity index (χ0n) is 10.8. The van der Waals surface area contributed by atoms with Crippen LogP contribution in [-0.4, -0.2) is 28.3 Å². The van der Waals surface area contributed by atoms with E-state index < -0.39 is 19.8 Å². The van der Waals surface area contributed by atoms with Crippen LogP contribution in [0.5, 0.6) is 0 Å². The lowest BCUT2D eigenvalue weighted by molar-refractivity contribution is -0.156. The Hall–Kier alpha value is -1.01. The zero-order valence-corrected chi connectivity index (χ0v) is 11.7. The Morgan fingerprint density at radius 3 is 2.26 bits per heavy atom. The maximum atomic E-state index is 11.2. The molecule has 8 heteroatoms. The number of rotatable bonds is 9. The molecule has 110 valence electrons. The van der Waals surface area contributed by atoms with Gasteiger partial charge in [-0.15, -0.1) is 0 Å². The summed E-state index contributed by atoms with van der Waals surface area (Å²) in [6, 6.07) is 0. The maximum Gasteiger partial charge on any atom is 0.469 e. The van der Waals surface area contributed by atoms with Crippen molar-refractivity contribution in [1.82, 2.24) is 0 Å². The van der Waals surface area contributed by atoms with E-state index in [2.05, 4.69) is 15.8 Å². The number of esters is 2. The lowest BCUT2D eigenvalue weighted by Gasteiger charge is -2.05. The summed E-state index contributed by atoms with van der Waals surface area (Å²) in [4.78, 5) is 39.0. The lowest BCUT2D eigenvalue weighted by atomic mass is 10.1. The third-order valence-electron chi connectivity index (χ3n) is 2.09. The molecule has 0 aromatic heterocycles. The van der Waals surface area contributed by atoms with E-state index in [1.54, 1.807) is 0 Å². The number of hydrogen-bond acceptors (Lipinski definition) is 5. The molecule has 0 heterocycles. The molecule has 0 bridgehead atoms. The van der Waals surface area contributed by atoms with Gasteiger partial charge in [0.1, 0.15) is 0 Å². The number of hydrogen-bond donors (Lipinski definition) is 2. The molecule has 0 aliphatic rings. The van der Waals surface area contributed by atoms with Crippen molar-refractivity contribution in [1.29, 1.82) is 0 Å². The first kappa shape index (κ1) is 18.0. The Labute approximate surface area is 111 Å². The lowest BCUT2D eigenvalue weighted by Crippen LogP contribution is -2.12. The quantitative estimate of drug-likeness (QED) is 0.219. The molecule has 0 radical (unpaired) electrons. The first-order chi connectivity index (χ1) is 8.72. The molecule has 0 rings (SSSR count). The monoisotopic (exact) mass is 294 g/mol. The van der Waals surface area contributed by atoms with Crippen molar-refractivity contribution in [2.75, 3.05) is 6.61 Å². The Balaban J connectivity index is 3.49. The fourth-order valence-corrected chi connectivity index (χ4v) is 1.52. The Morgan fingerprint density at radius 2 is 1.74 bits per heavy atom. The molecule has 2 N–H and O–H groups in total. The molecule has 0 amide bonds. The van der Waals surface area contributed by atoms with E-state index in [1.807, 2.05) is 0 Å². The summed E-state index contributed by atoms with van der Waals surface area (Å²) < 4.78 is 19.1. The van der Waals surface area contributed by atoms with Gasteiger partial charge >= 0.3 is 19.8 Å². The summed E-state index contributed by atoms with van der Waals surface area (Å²) >= 11 is 0. The van der Waals surface area contributed by atoms with Gasteiger partial charge in [-0.25, -0.2) is 9.36 Å². The van der Waals surface area contributed by atoms with Crippen LogP contribution in [0, 0.1) is 0 Å². The average molecular weight is 294 g/mol. The molecule has 19 heavy (non-hydrogen) atoms. The molecule has 0 atom stereocenters. The highest BCUT2D eigenvalue weighted by molar-refractivity contribution is 7.46. The van der Waals surface area contributed by atoms with E-state index in [0.717, 1.165) is 0 Å². The number of phosphoric acid groups is 1. The fraction of sp³-hybridized carbons (Fsp3) is 0.636. The Morgan fingerprint density at radius 1 is 1.16 bits per heavy atom. The Bertz CT molecular complexity index is 371. The van der Waals surface area contributed by atoms with Gasteiger partial charge in [-0.1, -0.05) is 19.4 Å². The molecule has 0 saturated heterocycles. The van der Waals surface area contributed by atoms with Crippen LogP contribution < -0.4 is 0 Å². The second-order valence-electron chi connectivity index (χ2n) is 4.03. The molecular weight excluding hydrogens is 275 g/mol. The molecule has 0 aliphatic heterocycles. The van der Waals surface area contributed by atoms with Crippen molar-refractivity contribution in [2.45, 2.75) is 39.0 Å². The van der Waals surface area contributed by atoms with E-state index in [4.69, 9.17) is 9.79 Å². The molecule has 0 aliphatic carbocycles. The average Bonchev–Trinajstić information content (AvgIpc) is 2.25. The van der Waals surface area contributed by atoms with Crippen LogP contribution >= 0.6 is 7.82 Å². The fourth-order valence-electron chi connectivity index (χ4n) is 1.15. The van der Waals surface area contributed by atoms with Gasteiger partial charge in [-0.2, -0.15) is 0 Å². The van der Waals surface area contributed by atoms with Crippen molar-refractivity contribution in [2.24, 2.45) is 0 Å². The van der Waals surface area contributed by atoms with E-state index >= 15 is 0 Å². The molecular formula is C11H19O7P. The van der Waals surface area contributed by atoms with Gasteiger partial charge in [0.25, 0.3) is 0 Å². The van der Waals surface area contributed by atoms with Gasteiger partial charge in [0.05, 0.1) is 6.61 Å². The molecule has 0 spiro atoms.